The second-order valence-corrected chi connectivity index (χ2v) is 3.49. The molecule has 0 unspecified atom stereocenters. The molecular weight excluding hydrogens is 216 g/mol. The molecule has 0 saturated carbocycles. The zero-order chi connectivity index (χ0) is 12.1. The number of para-hydroxylation sites is 2. The van der Waals surface area contributed by atoms with Crippen molar-refractivity contribution >= 4 is 5.82 Å². The summed E-state index contributed by atoms with van der Waals surface area (Å²) in [5.74, 6) is 1.89. The monoisotopic (exact) mass is 230 g/mol. The molecule has 4 heteroatoms. The van der Waals surface area contributed by atoms with Crippen LogP contribution < -0.4 is 15.2 Å². The van der Waals surface area contributed by atoms with Crippen molar-refractivity contribution in [3.05, 3.63) is 48.2 Å². The highest BCUT2D eigenvalue weighted by Gasteiger charge is 2.03. The van der Waals surface area contributed by atoms with E-state index in [-0.39, 0.29) is 0 Å². The number of methoxy groups -OCH3 is 1. The lowest BCUT2D eigenvalue weighted by Gasteiger charge is -2.09. The molecule has 0 aliphatic carbocycles. The number of rotatable bonds is 4. The second kappa shape index (κ2) is 5.21. The molecule has 2 aromatic rings. The average Bonchev–Trinajstić information content (AvgIpc) is 2.37. The van der Waals surface area contributed by atoms with Crippen molar-refractivity contribution < 1.29 is 9.47 Å². The van der Waals surface area contributed by atoms with Crippen LogP contribution in [-0.2, 0) is 6.61 Å². The van der Waals surface area contributed by atoms with Gasteiger partial charge in [-0.1, -0.05) is 18.2 Å². The van der Waals surface area contributed by atoms with E-state index in [1.165, 1.54) is 0 Å². The van der Waals surface area contributed by atoms with Gasteiger partial charge >= 0.3 is 0 Å². The molecule has 2 rings (SSSR count). The minimum atomic E-state index is 0.366. The van der Waals surface area contributed by atoms with E-state index in [9.17, 15) is 0 Å². The molecule has 0 aliphatic heterocycles. The second-order valence-electron chi connectivity index (χ2n) is 3.49. The van der Waals surface area contributed by atoms with Gasteiger partial charge in [0, 0.05) is 0 Å². The number of pyridine rings is 1. The highest BCUT2D eigenvalue weighted by atomic mass is 16.5. The van der Waals surface area contributed by atoms with Crippen molar-refractivity contribution in [2.75, 3.05) is 12.8 Å². The number of nitrogens with two attached hydrogens (primary N) is 1. The Morgan fingerprint density at radius 2 is 1.82 bits per heavy atom. The van der Waals surface area contributed by atoms with Gasteiger partial charge < -0.3 is 15.2 Å². The van der Waals surface area contributed by atoms with Crippen LogP contribution in [0.1, 0.15) is 5.69 Å². The van der Waals surface area contributed by atoms with Crippen molar-refractivity contribution in [3.63, 3.8) is 0 Å². The lowest BCUT2D eigenvalue weighted by atomic mass is 10.3. The molecule has 1 heterocycles. The fraction of sp³-hybridized carbons (Fsp3) is 0.154. The summed E-state index contributed by atoms with van der Waals surface area (Å²) < 4.78 is 10.8. The Morgan fingerprint density at radius 1 is 1.06 bits per heavy atom. The number of aromatic nitrogens is 1. The molecule has 0 atom stereocenters. The quantitative estimate of drug-likeness (QED) is 0.875. The molecule has 1 aromatic heterocycles. The molecule has 0 fully saturated rings. The van der Waals surface area contributed by atoms with E-state index < -0.39 is 0 Å². The van der Waals surface area contributed by atoms with E-state index in [0.29, 0.717) is 23.9 Å². The first-order chi connectivity index (χ1) is 8.29. The minimum absolute atomic E-state index is 0.366. The zero-order valence-corrected chi connectivity index (χ0v) is 9.59. The van der Waals surface area contributed by atoms with E-state index >= 15 is 0 Å². The molecule has 88 valence electrons. The smallest absolute Gasteiger partial charge is 0.161 e. The lowest BCUT2D eigenvalue weighted by Crippen LogP contribution is -2.01. The summed E-state index contributed by atoms with van der Waals surface area (Å²) in [6.45, 7) is 0.366. The molecule has 0 aliphatic rings. The predicted octanol–water partition coefficient (Wildman–Crippen LogP) is 2.25. The van der Waals surface area contributed by atoms with Crippen molar-refractivity contribution in [1.82, 2.24) is 4.98 Å². The van der Waals surface area contributed by atoms with Crippen LogP contribution in [0.3, 0.4) is 0 Å². The van der Waals surface area contributed by atoms with Gasteiger partial charge in [0.05, 0.1) is 12.8 Å². The Hall–Kier alpha value is -2.23. The van der Waals surface area contributed by atoms with Crippen molar-refractivity contribution in [2.24, 2.45) is 0 Å². The number of nitrogen functional groups attached to an aromatic ring is 1. The fourth-order valence-corrected chi connectivity index (χ4v) is 1.47. The third-order valence-corrected chi connectivity index (χ3v) is 2.27. The van der Waals surface area contributed by atoms with Gasteiger partial charge in [0.15, 0.2) is 11.5 Å². The maximum atomic E-state index is 5.63. The summed E-state index contributed by atoms with van der Waals surface area (Å²) in [5.41, 5.74) is 6.38. The van der Waals surface area contributed by atoms with Crippen LogP contribution in [0.25, 0.3) is 0 Å². The van der Waals surface area contributed by atoms with Crippen LogP contribution in [0, 0.1) is 0 Å². The molecule has 4 nitrogen and oxygen atoms in total. The Labute approximate surface area is 100 Å². The third-order valence-electron chi connectivity index (χ3n) is 2.27. The average molecular weight is 230 g/mol. The van der Waals surface area contributed by atoms with Gasteiger partial charge in [-0.3, -0.25) is 0 Å². The SMILES string of the molecule is COc1ccccc1OCc1cccc(N)n1. The predicted molar refractivity (Wildman–Crippen MR) is 66.0 cm³/mol. The first kappa shape index (κ1) is 11.3. The van der Waals surface area contributed by atoms with Crippen molar-refractivity contribution in [2.45, 2.75) is 6.61 Å². The highest BCUT2D eigenvalue weighted by Crippen LogP contribution is 2.26. The third kappa shape index (κ3) is 2.87. The Kier molecular flexibility index (Phi) is 3.45. The maximum absolute atomic E-state index is 5.63. The number of benzene rings is 1. The Morgan fingerprint density at radius 3 is 2.53 bits per heavy atom. The molecule has 0 amide bonds. The molecule has 17 heavy (non-hydrogen) atoms. The molecule has 0 spiro atoms. The van der Waals surface area contributed by atoms with Gasteiger partial charge in [0.2, 0.25) is 0 Å². The Bertz CT molecular complexity index is 500. The van der Waals surface area contributed by atoms with Gasteiger partial charge in [-0.05, 0) is 24.3 Å². The van der Waals surface area contributed by atoms with Crippen molar-refractivity contribution in [3.8, 4) is 11.5 Å². The van der Waals surface area contributed by atoms with Gasteiger partial charge in [-0.15, -0.1) is 0 Å². The van der Waals surface area contributed by atoms with E-state index in [0.717, 1.165) is 5.69 Å². The summed E-state index contributed by atoms with van der Waals surface area (Å²) >= 11 is 0. The molecular formula is C13H14N2O2. The number of hydrogen-bond donors (Lipinski definition) is 1. The summed E-state index contributed by atoms with van der Waals surface area (Å²) in [4.78, 5) is 4.16. The van der Waals surface area contributed by atoms with Crippen LogP contribution in [0.5, 0.6) is 11.5 Å². The van der Waals surface area contributed by atoms with E-state index in [4.69, 9.17) is 15.2 Å². The van der Waals surface area contributed by atoms with Crippen LogP contribution in [0.4, 0.5) is 5.82 Å². The number of hydrogen-bond acceptors (Lipinski definition) is 4. The molecule has 2 N–H and O–H groups in total. The minimum Gasteiger partial charge on any atom is -0.493 e. The molecule has 0 bridgehead atoms. The van der Waals surface area contributed by atoms with Crippen LogP contribution in [0.15, 0.2) is 42.5 Å². The maximum Gasteiger partial charge on any atom is 0.161 e. The van der Waals surface area contributed by atoms with E-state index in [1.807, 2.05) is 36.4 Å². The number of anilines is 1. The lowest BCUT2D eigenvalue weighted by molar-refractivity contribution is 0.281. The van der Waals surface area contributed by atoms with E-state index in [2.05, 4.69) is 4.98 Å². The van der Waals surface area contributed by atoms with Crippen molar-refractivity contribution in [1.29, 1.82) is 0 Å². The van der Waals surface area contributed by atoms with Gasteiger partial charge in [-0.2, -0.15) is 0 Å². The normalized spacial score (nSPS) is 9.94. The molecule has 0 saturated heterocycles. The van der Waals surface area contributed by atoms with E-state index in [1.54, 1.807) is 13.2 Å². The highest BCUT2D eigenvalue weighted by molar-refractivity contribution is 5.39. The summed E-state index contributed by atoms with van der Waals surface area (Å²) in [6, 6.07) is 12.9. The standard InChI is InChI=1S/C13H14N2O2/c1-16-11-6-2-3-7-12(11)17-9-10-5-4-8-13(14)15-10/h2-8H,9H2,1H3,(H2,14,15). The molecule has 0 radical (unpaired) electrons. The van der Waals surface area contributed by atoms with Gasteiger partial charge in [-0.25, -0.2) is 4.98 Å². The van der Waals surface area contributed by atoms with Gasteiger partial charge in [0.1, 0.15) is 12.4 Å². The van der Waals surface area contributed by atoms with Gasteiger partial charge in [0.25, 0.3) is 0 Å². The number of nitrogens with zero attached hydrogens (tertiary/aromatic N) is 1. The number of ether oxygens (including phenoxy) is 2. The first-order valence-corrected chi connectivity index (χ1v) is 5.27. The first-order valence-electron chi connectivity index (χ1n) is 5.27. The summed E-state index contributed by atoms with van der Waals surface area (Å²) in [7, 11) is 1.61. The summed E-state index contributed by atoms with van der Waals surface area (Å²) in [5, 5.41) is 0. The topological polar surface area (TPSA) is 57.4 Å². The van der Waals surface area contributed by atoms with Crippen LogP contribution in [0.2, 0.25) is 0 Å². The largest absolute Gasteiger partial charge is 0.493 e. The summed E-state index contributed by atoms with van der Waals surface area (Å²) in [6.07, 6.45) is 0. The van der Waals surface area contributed by atoms with Crippen LogP contribution in [-0.4, -0.2) is 12.1 Å². The van der Waals surface area contributed by atoms with Crippen LogP contribution >= 0.6 is 0 Å². The molecule has 1 aromatic carbocycles. The zero-order valence-electron chi connectivity index (χ0n) is 9.59. The Balaban J connectivity index is 2.07. The fourth-order valence-electron chi connectivity index (χ4n) is 1.47.